The third kappa shape index (κ3) is 5.05. The molecule has 12 aromatic rings. The molecule has 9 aromatic carbocycles. The van der Waals surface area contributed by atoms with E-state index in [4.69, 9.17) is 0 Å². The second-order valence-corrected chi connectivity index (χ2v) is 15.5. The van der Waals surface area contributed by atoms with Crippen LogP contribution in [-0.2, 0) is 0 Å². The highest BCUT2D eigenvalue weighted by Gasteiger charge is 2.29. The number of nitrogens with zero attached hydrogens (tertiary/aromatic N) is 5. The van der Waals surface area contributed by atoms with Gasteiger partial charge in [-0.1, -0.05) is 127 Å². The first-order valence-electron chi connectivity index (χ1n) is 20.4. The van der Waals surface area contributed by atoms with E-state index in [1.54, 1.807) is 0 Å². The maximum absolute atomic E-state index is 11.1. The van der Waals surface area contributed by atoms with Crippen molar-refractivity contribution in [1.82, 2.24) is 13.7 Å². The maximum Gasteiger partial charge on any atom is 0.101 e. The quantitative estimate of drug-likeness (QED) is 0.175. The molecule has 3 aromatic heterocycles. The van der Waals surface area contributed by atoms with E-state index in [2.05, 4.69) is 190 Å². The Morgan fingerprint density at radius 1 is 0.328 bits per heavy atom. The Balaban J connectivity index is 1.27. The minimum atomic E-state index is 0.535. The molecule has 5 heteroatoms. The van der Waals surface area contributed by atoms with Crippen LogP contribution in [0, 0.1) is 22.7 Å². The van der Waals surface area contributed by atoms with Crippen LogP contribution in [0.3, 0.4) is 0 Å². The molecule has 0 saturated heterocycles. The van der Waals surface area contributed by atoms with Crippen LogP contribution in [0.1, 0.15) is 11.1 Å². The van der Waals surface area contributed by atoms with Crippen LogP contribution >= 0.6 is 0 Å². The monoisotopic (exact) mass is 775 g/mol. The van der Waals surface area contributed by atoms with Crippen molar-refractivity contribution in [2.75, 3.05) is 0 Å². The van der Waals surface area contributed by atoms with Crippen LogP contribution in [0.4, 0.5) is 0 Å². The third-order valence-electron chi connectivity index (χ3n) is 12.2. The molecule has 0 aliphatic rings. The zero-order valence-electron chi connectivity index (χ0n) is 32.8. The Labute approximate surface area is 351 Å². The molecule has 0 radical (unpaired) electrons. The zero-order chi connectivity index (χ0) is 40.6. The number of hydrogen-bond donors (Lipinski definition) is 0. The van der Waals surface area contributed by atoms with Crippen molar-refractivity contribution in [2.24, 2.45) is 0 Å². The molecule has 0 unspecified atom stereocenters. The number of benzene rings is 9. The summed E-state index contributed by atoms with van der Waals surface area (Å²) >= 11 is 0. The number of aromatic nitrogens is 3. The lowest BCUT2D eigenvalue weighted by molar-refractivity contribution is 1.16. The minimum absolute atomic E-state index is 0.535. The summed E-state index contributed by atoms with van der Waals surface area (Å²) < 4.78 is 7.18. The molecule has 0 aliphatic carbocycles. The minimum Gasteiger partial charge on any atom is -0.308 e. The van der Waals surface area contributed by atoms with Gasteiger partial charge in [-0.25, -0.2) is 0 Å². The molecule has 3 heterocycles. The maximum atomic E-state index is 11.1. The SMILES string of the molecule is N#Cc1cc(-c2ccccc2)cc(-c2ccc(-n3c4ccccc4c4c5c(c6ccccc6n5-c5ccccc5)c5c(c6ccccc6n5-c5ccccc5)c43)c(C#N)c2)c1. The topological polar surface area (TPSA) is 62.4 Å². The fourth-order valence-electron chi connectivity index (χ4n) is 9.75. The number of hydrogen-bond acceptors (Lipinski definition) is 2. The first kappa shape index (κ1) is 34.4. The molecule has 0 amide bonds. The fourth-order valence-corrected chi connectivity index (χ4v) is 9.75. The molecule has 0 N–H and O–H groups in total. The summed E-state index contributed by atoms with van der Waals surface area (Å²) in [6, 6.07) is 74.5. The van der Waals surface area contributed by atoms with Gasteiger partial charge in [0, 0.05) is 43.7 Å². The summed E-state index contributed by atoms with van der Waals surface area (Å²) in [5.74, 6) is 0. The van der Waals surface area contributed by atoms with Gasteiger partial charge in [-0.2, -0.15) is 10.5 Å². The largest absolute Gasteiger partial charge is 0.308 e. The number of nitriles is 2. The standard InChI is InChI=1S/C56H33N5/c57-34-36-30-39(37-16-4-1-5-17-37)33-40(31-36)38-28-29-47(41(32-38)35-58)61-50-27-15-12-24-46(50)53-55-51(44-22-10-13-25-48(44)59(55)42-18-6-2-7-19-42)54-52(56(53)61)45-23-11-14-26-49(45)60(54)43-20-8-3-9-21-43/h1-33H. The van der Waals surface area contributed by atoms with Gasteiger partial charge in [0.1, 0.15) is 6.07 Å². The predicted octanol–water partition coefficient (Wildman–Crippen LogP) is 14.1. The molecule has 0 saturated carbocycles. The van der Waals surface area contributed by atoms with Crippen molar-refractivity contribution in [1.29, 1.82) is 10.5 Å². The summed E-state index contributed by atoms with van der Waals surface area (Å²) in [6.07, 6.45) is 0. The van der Waals surface area contributed by atoms with Gasteiger partial charge in [0.15, 0.2) is 0 Å². The summed E-state index contributed by atoms with van der Waals surface area (Å²) in [5, 5.41) is 28.0. The lowest BCUT2D eigenvalue weighted by Crippen LogP contribution is -2.00. The second kappa shape index (κ2) is 13.5. The smallest absolute Gasteiger partial charge is 0.101 e. The van der Waals surface area contributed by atoms with E-state index in [9.17, 15) is 10.5 Å². The van der Waals surface area contributed by atoms with Gasteiger partial charge in [0.2, 0.25) is 0 Å². The summed E-state index contributed by atoms with van der Waals surface area (Å²) in [6.45, 7) is 0. The van der Waals surface area contributed by atoms with Crippen molar-refractivity contribution in [3.8, 4) is 51.5 Å². The lowest BCUT2D eigenvalue weighted by Gasteiger charge is -2.15. The van der Waals surface area contributed by atoms with Crippen molar-refractivity contribution >= 4 is 65.4 Å². The first-order chi connectivity index (χ1) is 30.2. The molecule has 282 valence electrons. The van der Waals surface area contributed by atoms with E-state index in [1.807, 2.05) is 36.4 Å². The molecular formula is C56H33N5. The first-order valence-corrected chi connectivity index (χ1v) is 20.4. The Morgan fingerprint density at radius 2 is 0.754 bits per heavy atom. The summed E-state index contributed by atoms with van der Waals surface area (Å²) in [4.78, 5) is 0. The van der Waals surface area contributed by atoms with Gasteiger partial charge in [-0.05, 0) is 95.1 Å². The van der Waals surface area contributed by atoms with Crippen molar-refractivity contribution in [3.63, 3.8) is 0 Å². The summed E-state index contributed by atoms with van der Waals surface area (Å²) in [5.41, 5.74) is 14.3. The van der Waals surface area contributed by atoms with Gasteiger partial charge < -0.3 is 13.7 Å². The van der Waals surface area contributed by atoms with Crippen LogP contribution in [0.5, 0.6) is 0 Å². The Hall–Kier alpha value is -8.64. The van der Waals surface area contributed by atoms with Gasteiger partial charge >= 0.3 is 0 Å². The summed E-state index contributed by atoms with van der Waals surface area (Å²) in [7, 11) is 0. The number of fused-ring (bicyclic) bond motifs is 12. The molecule has 0 atom stereocenters. The lowest BCUT2D eigenvalue weighted by atomic mass is 9.95. The van der Waals surface area contributed by atoms with E-state index >= 15 is 0 Å². The van der Waals surface area contributed by atoms with Crippen LogP contribution in [0.15, 0.2) is 200 Å². The highest BCUT2D eigenvalue weighted by molar-refractivity contribution is 6.40. The molecule has 12 rings (SSSR count). The molecule has 0 spiro atoms. The Bertz CT molecular complexity index is 3750. The van der Waals surface area contributed by atoms with Crippen molar-refractivity contribution in [2.45, 2.75) is 0 Å². The predicted molar refractivity (Wildman–Crippen MR) is 250 cm³/mol. The molecule has 0 fully saturated rings. The van der Waals surface area contributed by atoms with E-state index in [-0.39, 0.29) is 0 Å². The fraction of sp³-hybridized carbons (Fsp3) is 0. The van der Waals surface area contributed by atoms with Crippen molar-refractivity contribution in [3.05, 3.63) is 211 Å². The van der Waals surface area contributed by atoms with E-state index in [0.29, 0.717) is 11.1 Å². The third-order valence-corrected chi connectivity index (χ3v) is 12.2. The molecule has 5 nitrogen and oxygen atoms in total. The van der Waals surface area contributed by atoms with Gasteiger partial charge in [0.25, 0.3) is 0 Å². The number of para-hydroxylation sites is 5. The number of rotatable bonds is 5. The second-order valence-electron chi connectivity index (χ2n) is 15.5. The van der Waals surface area contributed by atoms with E-state index in [0.717, 1.165) is 94.0 Å². The Kier molecular flexibility index (Phi) is 7.59. The normalized spacial score (nSPS) is 11.6. The molecule has 0 bridgehead atoms. The zero-order valence-corrected chi connectivity index (χ0v) is 32.8. The van der Waals surface area contributed by atoms with E-state index < -0.39 is 0 Å². The highest BCUT2D eigenvalue weighted by Crippen LogP contribution is 2.50. The van der Waals surface area contributed by atoms with E-state index in [1.165, 1.54) is 10.8 Å². The average Bonchev–Trinajstić information content (AvgIpc) is 3.98. The average molecular weight is 776 g/mol. The Morgan fingerprint density at radius 3 is 1.25 bits per heavy atom. The molecule has 61 heavy (non-hydrogen) atoms. The van der Waals surface area contributed by atoms with Crippen LogP contribution in [-0.4, -0.2) is 13.7 Å². The van der Waals surface area contributed by atoms with Gasteiger partial charge in [-0.15, -0.1) is 0 Å². The van der Waals surface area contributed by atoms with Crippen LogP contribution in [0.25, 0.3) is 105 Å². The molecule has 0 aliphatic heterocycles. The van der Waals surface area contributed by atoms with Crippen molar-refractivity contribution < 1.29 is 0 Å². The molecular weight excluding hydrogens is 743 g/mol. The van der Waals surface area contributed by atoms with Crippen LogP contribution < -0.4 is 0 Å². The van der Waals surface area contributed by atoms with Gasteiger partial charge in [-0.3, -0.25) is 0 Å². The highest BCUT2D eigenvalue weighted by atomic mass is 15.0. The van der Waals surface area contributed by atoms with Crippen LogP contribution in [0.2, 0.25) is 0 Å². The van der Waals surface area contributed by atoms with Gasteiger partial charge in [0.05, 0.1) is 56.0 Å².